The van der Waals surface area contributed by atoms with Crippen LogP contribution in [0.2, 0.25) is 5.02 Å². The number of aliphatic hydroxyl groups excluding tert-OH is 1. The third-order valence-electron chi connectivity index (χ3n) is 3.33. The number of hydrogen-bond donors (Lipinski definition) is 3. The summed E-state index contributed by atoms with van der Waals surface area (Å²) in [5, 5.41) is 13.0. The van der Waals surface area contributed by atoms with E-state index in [-0.39, 0.29) is 30.3 Å². The van der Waals surface area contributed by atoms with Gasteiger partial charge in [-0.25, -0.2) is 0 Å². The summed E-state index contributed by atoms with van der Waals surface area (Å²) in [6.45, 7) is 0.470. The quantitative estimate of drug-likeness (QED) is 0.792. The molecule has 0 aliphatic heterocycles. The molecule has 0 bridgehead atoms. The van der Waals surface area contributed by atoms with Gasteiger partial charge in [-0.05, 0) is 30.5 Å². The van der Waals surface area contributed by atoms with Gasteiger partial charge in [0.15, 0.2) is 0 Å². The summed E-state index contributed by atoms with van der Waals surface area (Å²) in [5.74, 6) is -0.223. The average molecular weight is 305 g/mol. The van der Waals surface area contributed by atoms with E-state index in [0.717, 1.165) is 5.56 Å². The van der Waals surface area contributed by atoms with Gasteiger partial charge in [-0.1, -0.05) is 23.7 Å². The first-order valence-electron chi connectivity index (χ1n) is 6.02. The summed E-state index contributed by atoms with van der Waals surface area (Å²) in [5.41, 5.74) is 6.68. The van der Waals surface area contributed by atoms with E-state index >= 15 is 0 Å². The highest BCUT2D eigenvalue weighted by Crippen LogP contribution is 2.24. The van der Waals surface area contributed by atoms with Gasteiger partial charge >= 0.3 is 0 Å². The van der Waals surface area contributed by atoms with Crippen LogP contribution < -0.4 is 11.1 Å². The van der Waals surface area contributed by atoms with Gasteiger partial charge in [-0.15, -0.1) is 12.4 Å². The number of rotatable bonds is 3. The van der Waals surface area contributed by atoms with Crippen LogP contribution in [0.3, 0.4) is 0 Å². The summed E-state index contributed by atoms with van der Waals surface area (Å²) in [7, 11) is 0. The number of nitrogens with two attached hydrogens (primary N) is 1. The Bertz CT molecular complexity index is 415. The van der Waals surface area contributed by atoms with Crippen LogP contribution in [0.15, 0.2) is 24.3 Å². The molecule has 3 atom stereocenters. The summed E-state index contributed by atoms with van der Waals surface area (Å²) >= 11 is 5.78. The van der Waals surface area contributed by atoms with Crippen LogP contribution in [0.4, 0.5) is 0 Å². The van der Waals surface area contributed by atoms with Crippen molar-refractivity contribution in [1.82, 2.24) is 5.32 Å². The van der Waals surface area contributed by atoms with Crippen molar-refractivity contribution in [3.63, 3.8) is 0 Å². The predicted octanol–water partition coefficient (Wildman–Crippen LogP) is 1.48. The topological polar surface area (TPSA) is 75.4 Å². The summed E-state index contributed by atoms with van der Waals surface area (Å²) in [4.78, 5) is 11.9. The largest absolute Gasteiger partial charge is 0.391 e. The van der Waals surface area contributed by atoms with Crippen molar-refractivity contribution in [3.8, 4) is 0 Å². The second-order valence-electron chi connectivity index (χ2n) is 4.74. The number of aliphatic hydroxyl groups is 1. The first-order chi connectivity index (χ1) is 8.56. The standard InChI is InChI=1S/C13H17ClN2O2.ClH/c14-10-3-1-8(2-4-10)7-16-13(18)9-5-11(15)12(17)6-9;/h1-4,9,11-12,17H,5-7,15H2,(H,16,18);1H/t9-,11-,12-;/m0./s1. The van der Waals surface area contributed by atoms with E-state index in [4.69, 9.17) is 17.3 Å². The van der Waals surface area contributed by atoms with Crippen molar-refractivity contribution >= 4 is 29.9 Å². The van der Waals surface area contributed by atoms with E-state index in [1.807, 2.05) is 12.1 Å². The highest BCUT2D eigenvalue weighted by Gasteiger charge is 2.34. The van der Waals surface area contributed by atoms with Crippen LogP contribution in [0, 0.1) is 5.92 Å². The molecule has 1 fully saturated rings. The molecule has 1 aromatic carbocycles. The van der Waals surface area contributed by atoms with Crippen molar-refractivity contribution in [2.24, 2.45) is 11.7 Å². The highest BCUT2D eigenvalue weighted by molar-refractivity contribution is 6.30. The molecule has 1 amide bonds. The fraction of sp³-hybridized carbons (Fsp3) is 0.462. The van der Waals surface area contributed by atoms with Gasteiger partial charge in [-0.2, -0.15) is 0 Å². The number of amides is 1. The van der Waals surface area contributed by atoms with Gasteiger partial charge in [0.25, 0.3) is 0 Å². The summed E-state index contributed by atoms with van der Waals surface area (Å²) in [6.07, 6.45) is 0.442. The Morgan fingerprint density at radius 2 is 2.00 bits per heavy atom. The van der Waals surface area contributed by atoms with Gasteiger partial charge in [-0.3, -0.25) is 4.79 Å². The van der Waals surface area contributed by atoms with E-state index in [1.165, 1.54) is 0 Å². The number of halogens is 2. The van der Waals surface area contributed by atoms with Crippen LogP contribution in [-0.4, -0.2) is 23.2 Å². The maximum Gasteiger partial charge on any atom is 0.223 e. The molecule has 0 unspecified atom stereocenters. The third kappa shape index (κ3) is 4.35. The van der Waals surface area contributed by atoms with Crippen LogP contribution >= 0.6 is 24.0 Å². The number of hydrogen-bond acceptors (Lipinski definition) is 3. The van der Waals surface area contributed by atoms with E-state index in [2.05, 4.69) is 5.32 Å². The predicted molar refractivity (Wildman–Crippen MR) is 77.3 cm³/mol. The molecule has 0 heterocycles. The molecule has 0 radical (unpaired) electrons. The first-order valence-corrected chi connectivity index (χ1v) is 6.40. The SMILES string of the molecule is Cl.N[C@H]1C[C@H](C(=O)NCc2ccc(Cl)cc2)C[C@@H]1O. The molecule has 2 rings (SSSR count). The molecule has 1 aliphatic carbocycles. The Morgan fingerprint density at radius 3 is 2.53 bits per heavy atom. The molecule has 1 saturated carbocycles. The second kappa shape index (κ2) is 7.10. The molecule has 0 aromatic heterocycles. The monoisotopic (exact) mass is 304 g/mol. The fourth-order valence-corrected chi connectivity index (χ4v) is 2.32. The Balaban J connectivity index is 0.00000180. The lowest BCUT2D eigenvalue weighted by Gasteiger charge is -2.10. The normalized spacial score (nSPS) is 25.7. The van der Waals surface area contributed by atoms with Crippen LogP contribution in [0.5, 0.6) is 0 Å². The van der Waals surface area contributed by atoms with Crippen molar-refractivity contribution < 1.29 is 9.90 Å². The lowest BCUT2D eigenvalue weighted by Crippen LogP contribution is -2.30. The highest BCUT2D eigenvalue weighted by atomic mass is 35.5. The van der Waals surface area contributed by atoms with Gasteiger partial charge in [0.05, 0.1) is 6.10 Å². The minimum atomic E-state index is -0.559. The fourth-order valence-electron chi connectivity index (χ4n) is 2.20. The van der Waals surface area contributed by atoms with E-state index in [1.54, 1.807) is 12.1 Å². The zero-order valence-corrected chi connectivity index (χ0v) is 12.0. The molecule has 1 aromatic rings. The van der Waals surface area contributed by atoms with E-state index in [0.29, 0.717) is 24.4 Å². The molecule has 0 spiro atoms. The number of nitrogens with one attached hydrogen (secondary N) is 1. The Kier molecular flexibility index (Phi) is 6.07. The minimum Gasteiger partial charge on any atom is -0.391 e. The minimum absolute atomic E-state index is 0. The van der Waals surface area contributed by atoms with Gasteiger partial charge in [0.2, 0.25) is 5.91 Å². The molecule has 0 saturated heterocycles. The molecular weight excluding hydrogens is 287 g/mol. The molecule has 4 nitrogen and oxygen atoms in total. The van der Waals surface area contributed by atoms with E-state index < -0.39 is 6.10 Å². The maximum atomic E-state index is 11.9. The van der Waals surface area contributed by atoms with Crippen molar-refractivity contribution in [3.05, 3.63) is 34.9 Å². The third-order valence-corrected chi connectivity index (χ3v) is 3.58. The van der Waals surface area contributed by atoms with Gasteiger partial charge < -0.3 is 16.2 Å². The summed E-state index contributed by atoms with van der Waals surface area (Å²) in [6, 6.07) is 7.04. The van der Waals surface area contributed by atoms with E-state index in [9.17, 15) is 9.90 Å². The average Bonchev–Trinajstić information content (AvgIpc) is 2.69. The Labute approximate surface area is 123 Å². The smallest absolute Gasteiger partial charge is 0.223 e. The van der Waals surface area contributed by atoms with Crippen molar-refractivity contribution in [2.75, 3.05) is 0 Å². The Morgan fingerprint density at radius 1 is 1.37 bits per heavy atom. The van der Waals surface area contributed by atoms with Crippen molar-refractivity contribution in [1.29, 1.82) is 0 Å². The summed E-state index contributed by atoms with van der Waals surface area (Å²) < 4.78 is 0. The maximum absolute atomic E-state index is 11.9. The molecule has 106 valence electrons. The molecule has 1 aliphatic rings. The number of benzene rings is 1. The number of carbonyl (C=O) groups excluding carboxylic acids is 1. The molecular formula is C13H18Cl2N2O2. The molecule has 19 heavy (non-hydrogen) atoms. The van der Waals surface area contributed by atoms with Gasteiger partial charge in [0, 0.05) is 23.5 Å². The second-order valence-corrected chi connectivity index (χ2v) is 5.18. The zero-order chi connectivity index (χ0) is 13.1. The van der Waals surface area contributed by atoms with Crippen LogP contribution in [0.25, 0.3) is 0 Å². The number of carbonyl (C=O) groups is 1. The lowest BCUT2D eigenvalue weighted by atomic mass is 10.1. The van der Waals surface area contributed by atoms with Crippen LogP contribution in [0.1, 0.15) is 18.4 Å². The van der Waals surface area contributed by atoms with Crippen molar-refractivity contribution in [2.45, 2.75) is 31.5 Å². The first kappa shape index (κ1) is 16.2. The molecule has 6 heteroatoms. The Hall–Kier alpha value is -0.810. The zero-order valence-electron chi connectivity index (χ0n) is 10.4. The molecule has 4 N–H and O–H groups in total. The van der Waals surface area contributed by atoms with Crippen LogP contribution in [-0.2, 0) is 11.3 Å². The van der Waals surface area contributed by atoms with Gasteiger partial charge in [0.1, 0.15) is 0 Å². The lowest BCUT2D eigenvalue weighted by molar-refractivity contribution is -0.125.